The van der Waals surface area contributed by atoms with Gasteiger partial charge in [0.2, 0.25) is 0 Å². The van der Waals surface area contributed by atoms with Crippen molar-refractivity contribution in [3.8, 4) is 0 Å². The number of carbonyl (C=O) groups is 1. The Bertz CT molecular complexity index is 462. The van der Waals surface area contributed by atoms with Gasteiger partial charge in [-0.25, -0.2) is 0 Å². The molecule has 1 aromatic carbocycles. The van der Waals surface area contributed by atoms with E-state index in [0.717, 1.165) is 31.5 Å². The zero-order chi connectivity index (χ0) is 13.8. The lowest BCUT2D eigenvalue weighted by atomic mass is 9.80. The molecule has 1 heterocycles. The summed E-state index contributed by atoms with van der Waals surface area (Å²) >= 11 is 12.0. The van der Waals surface area contributed by atoms with Crippen LogP contribution in [-0.4, -0.2) is 26.2 Å². The van der Waals surface area contributed by atoms with Crippen LogP contribution in [0.3, 0.4) is 0 Å². The fourth-order valence-corrected chi connectivity index (χ4v) is 2.92. The molecule has 1 aliphatic heterocycles. The molecule has 0 saturated carbocycles. The number of methoxy groups -OCH3 is 1. The standard InChI is InChI=1S/C14H17Cl2NO2.ClH/c1-19-14(18)13(9-4-6-17-7-5-9)10-2-3-11(15)12(16)8-10;/h2-3,8-9,13,17H,4-7H2,1H3;1H. The van der Waals surface area contributed by atoms with Gasteiger partial charge in [0.15, 0.2) is 0 Å². The Hall–Kier alpha value is -0.480. The molecule has 0 aliphatic carbocycles. The minimum Gasteiger partial charge on any atom is -0.469 e. The summed E-state index contributed by atoms with van der Waals surface area (Å²) in [5.41, 5.74) is 0.883. The second-order valence-corrected chi connectivity index (χ2v) is 5.58. The topological polar surface area (TPSA) is 38.3 Å². The Morgan fingerprint density at radius 3 is 2.50 bits per heavy atom. The van der Waals surface area contributed by atoms with Gasteiger partial charge in [-0.3, -0.25) is 4.79 Å². The Kier molecular flexibility index (Phi) is 7.10. The lowest BCUT2D eigenvalue weighted by Gasteiger charge is -2.29. The van der Waals surface area contributed by atoms with Gasteiger partial charge < -0.3 is 10.1 Å². The highest BCUT2D eigenvalue weighted by Gasteiger charge is 2.32. The highest BCUT2D eigenvalue weighted by atomic mass is 35.5. The largest absolute Gasteiger partial charge is 0.469 e. The Balaban J connectivity index is 0.00000200. The molecule has 3 nitrogen and oxygen atoms in total. The van der Waals surface area contributed by atoms with Crippen molar-refractivity contribution in [2.24, 2.45) is 5.92 Å². The molecule has 1 fully saturated rings. The first-order valence-electron chi connectivity index (χ1n) is 6.37. The van der Waals surface area contributed by atoms with Crippen molar-refractivity contribution in [3.63, 3.8) is 0 Å². The van der Waals surface area contributed by atoms with Crippen LogP contribution in [0.25, 0.3) is 0 Å². The van der Waals surface area contributed by atoms with Crippen molar-refractivity contribution in [1.29, 1.82) is 0 Å². The fourth-order valence-electron chi connectivity index (χ4n) is 2.61. The number of hydrogen-bond donors (Lipinski definition) is 1. The van der Waals surface area contributed by atoms with Crippen LogP contribution in [0.5, 0.6) is 0 Å². The number of carbonyl (C=O) groups excluding carboxylic acids is 1. The Morgan fingerprint density at radius 1 is 1.30 bits per heavy atom. The first-order valence-corrected chi connectivity index (χ1v) is 7.12. The van der Waals surface area contributed by atoms with E-state index in [0.29, 0.717) is 10.0 Å². The van der Waals surface area contributed by atoms with Gasteiger partial charge in [0, 0.05) is 0 Å². The molecule has 112 valence electrons. The highest BCUT2D eigenvalue weighted by Crippen LogP contribution is 2.35. The van der Waals surface area contributed by atoms with Crippen LogP contribution in [0.2, 0.25) is 10.0 Å². The number of hydrogen-bond acceptors (Lipinski definition) is 3. The maximum Gasteiger partial charge on any atom is 0.313 e. The zero-order valence-corrected chi connectivity index (χ0v) is 13.5. The van der Waals surface area contributed by atoms with E-state index in [-0.39, 0.29) is 30.2 Å². The van der Waals surface area contributed by atoms with Crippen molar-refractivity contribution in [2.45, 2.75) is 18.8 Å². The summed E-state index contributed by atoms with van der Waals surface area (Å²) < 4.78 is 4.95. The van der Waals surface area contributed by atoms with Gasteiger partial charge >= 0.3 is 5.97 Å². The van der Waals surface area contributed by atoms with Crippen molar-refractivity contribution < 1.29 is 9.53 Å². The number of rotatable bonds is 3. The molecule has 6 heteroatoms. The molecule has 0 radical (unpaired) electrons. The van der Waals surface area contributed by atoms with Gasteiger partial charge in [-0.1, -0.05) is 29.3 Å². The van der Waals surface area contributed by atoms with E-state index < -0.39 is 0 Å². The SMILES string of the molecule is COC(=O)C(c1ccc(Cl)c(Cl)c1)C1CCNCC1.Cl. The van der Waals surface area contributed by atoms with E-state index in [1.54, 1.807) is 12.1 Å². The molecule has 1 aliphatic rings. The van der Waals surface area contributed by atoms with E-state index in [1.165, 1.54) is 7.11 Å². The molecular formula is C14H18Cl3NO2. The van der Waals surface area contributed by atoms with E-state index >= 15 is 0 Å². The smallest absolute Gasteiger partial charge is 0.313 e. The van der Waals surface area contributed by atoms with Crippen LogP contribution >= 0.6 is 35.6 Å². The fraction of sp³-hybridized carbons (Fsp3) is 0.500. The van der Waals surface area contributed by atoms with Crippen LogP contribution in [-0.2, 0) is 9.53 Å². The molecule has 0 aromatic heterocycles. The lowest BCUT2D eigenvalue weighted by molar-refractivity contribution is -0.144. The van der Waals surface area contributed by atoms with Gasteiger partial charge in [0.25, 0.3) is 0 Å². The summed E-state index contributed by atoms with van der Waals surface area (Å²) in [4.78, 5) is 12.1. The van der Waals surface area contributed by atoms with Crippen molar-refractivity contribution in [2.75, 3.05) is 20.2 Å². The quantitative estimate of drug-likeness (QED) is 0.855. The Morgan fingerprint density at radius 2 is 1.95 bits per heavy atom. The summed E-state index contributed by atoms with van der Waals surface area (Å²) in [6.45, 7) is 1.86. The first-order chi connectivity index (χ1) is 9.13. The molecule has 1 saturated heterocycles. The molecule has 1 aromatic rings. The molecule has 0 bridgehead atoms. The van der Waals surface area contributed by atoms with Gasteiger partial charge in [-0.05, 0) is 49.5 Å². The number of piperidine rings is 1. The zero-order valence-electron chi connectivity index (χ0n) is 11.2. The maximum absolute atomic E-state index is 12.1. The van der Waals surface area contributed by atoms with Crippen molar-refractivity contribution >= 4 is 41.6 Å². The number of benzene rings is 1. The number of ether oxygens (including phenoxy) is 1. The van der Waals surface area contributed by atoms with Crippen LogP contribution < -0.4 is 5.32 Å². The van der Waals surface area contributed by atoms with E-state index in [9.17, 15) is 4.79 Å². The lowest BCUT2D eigenvalue weighted by Crippen LogP contribution is -2.34. The number of esters is 1. The molecule has 0 amide bonds. The third kappa shape index (κ3) is 4.01. The minimum atomic E-state index is -0.262. The molecule has 20 heavy (non-hydrogen) atoms. The molecule has 1 atom stereocenters. The van der Waals surface area contributed by atoms with Gasteiger partial charge in [-0.2, -0.15) is 0 Å². The van der Waals surface area contributed by atoms with Gasteiger partial charge in [-0.15, -0.1) is 12.4 Å². The van der Waals surface area contributed by atoms with Gasteiger partial charge in [0.05, 0.1) is 23.1 Å². The second kappa shape index (κ2) is 8.08. The minimum absolute atomic E-state index is 0. The number of nitrogens with one attached hydrogen (secondary N) is 1. The second-order valence-electron chi connectivity index (χ2n) is 4.76. The molecule has 2 rings (SSSR count). The average Bonchev–Trinajstić information content (AvgIpc) is 2.44. The van der Waals surface area contributed by atoms with E-state index in [1.807, 2.05) is 6.07 Å². The highest BCUT2D eigenvalue weighted by molar-refractivity contribution is 6.42. The summed E-state index contributed by atoms with van der Waals surface area (Å²) in [7, 11) is 1.42. The van der Waals surface area contributed by atoms with Crippen molar-refractivity contribution in [3.05, 3.63) is 33.8 Å². The van der Waals surface area contributed by atoms with Crippen LogP contribution in [0.4, 0.5) is 0 Å². The average molecular weight is 339 g/mol. The molecule has 1 unspecified atom stereocenters. The molecule has 1 N–H and O–H groups in total. The summed E-state index contributed by atoms with van der Waals surface area (Å²) in [6, 6.07) is 5.36. The van der Waals surface area contributed by atoms with Gasteiger partial charge in [0.1, 0.15) is 0 Å². The maximum atomic E-state index is 12.1. The summed E-state index contributed by atoms with van der Waals surface area (Å²) in [5.74, 6) is -0.182. The predicted octanol–water partition coefficient (Wildman–Crippen LogP) is 3.67. The van der Waals surface area contributed by atoms with Crippen LogP contribution in [0.15, 0.2) is 18.2 Å². The van der Waals surface area contributed by atoms with E-state index in [4.69, 9.17) is 27.9 Å². The monoisotopic (exact) mass is 337 g/mol. The molecular weight excluding hydrogens is 321 g/mol. The van der Waals surface area contributed by atoms with Crippen molar-refractivity contribution in [1.82, 2.24) is 5.32 Å². The normalized spacial score (nSPS) is 17.1. The molecule has 0 spiro atoms. The van der Waals surface area contributed by atoms with Crippen LogP contribution in [0, 0.1) is 5.92 Å². The summed E-state index contributed by atoms with van der Waals surface area (Å²) in [5, 5.41) is 4.27. The Labute approximate surface area is 135 Å². The number of halogens is 3. The third-order valence-electron chi connectivity index (χ3n) is 3.61. The predicted molar refractivity (Wildman–Crippen MR) is 84.1 cm³/mol. The first kappa shape index (κ1) is 17.6. The summed E-state index contributed by atoms with van der Waals surface area (Å²) in [6.07, 6.45) is 1.92. The van der Waals surface area contributed by atoms with E-state index in [2.05, 4.69) is 5.32 Å². The van der Waals surface area contributed by atoms with Crippen LogP contribution in [0.1, 0.15) is 24.3 Å². The third-order valence-corrected chi connectivity index (χ3v) is 4.35.